The summed E-state index contributed by atoms with van der Waals surface area (Å²) in [5, 5.41) is 13.5. The second-order valence-electron chi connectivity index (χ2n) is 6.43. The first-order chi connectivity index (χ1) is 14.9. The van der Waals surface area contributed by atoms with Crippen molar-refractivity contribution in [2.24, 2.45) is 0 Å². The van der Waals surface area contributed by atoms with Crippen LogP contribution >= 0.6 is 11.6 Å². The number of para-hydroxylation sites is 2. The standard InChI is InChI=1S/C21H20ClN5O4/c1-3-31-21(30)14-8-4-6-10-16(14)23-18(28)12-27-13(2)19(25-26-27)20(29)24-17-11-7-5-9-15(17)22/h4-11H,3,12H2,1-2H3,(H,23,28)(H,24,29). The van der Waals surface area contributed by atoms with Gasteiger partial charge in [-0.25, -0.2) is 9.48 Å². The predicted octanol–water partition coefficient (Wildman–Crippen LogP) is 3.31. The van der Waals surface area contributed by atoms with E-state index in [1.54, 1.807) is 62.4 Å². The zero-order valence-corrected chi connectivity index (χ0v) is 17.6. The number of anilines is 2. The van der Waals surface area contributed by atoms with E-state index in [1.165, 1.54) is 4.68 Å². The van der Waals surface area contributed by atoms with Crippen LogP contribution in [0.25, 0.3) is 0 Å². The molecule has 0 bridgehead atoms. The Balaban J connectivity index is 1.70. The third-order valence-electron chi connectivity index (χ3n) is 4.31. The molecule has 3 rings (SSSR count). The van der Waals surface area contributed by atoms with Gasteiger partial charge in [0.25, 0.3) is 5.91 Å². The third-order valence-corrected chi connectivity index (χ3v) is 4.64. The number of halogens is 1. The average molecular weight is 442 g/mol. The molecule has 0 aliphatic rings. The number of carbonyl (C=O) groups excluding carboxylic acids is 3. The van der Waals surface area contributed by atoms with Crippen LogP contribution in [0.3, 0.4) is 0 Å². The van der Waals surface area contributed by atoms with Crippen molar-refractivity contribution >= 4 is 40.8 Å². The van der Waals surface area contributed by atoms with E-state index in [4.69, 9.17) is 16.3 Å². The lowest BCUT2D eigenvalue weighted by Gasteiger charge is -2.10. The molecular weight excluding hydrogens is 422 g/mol. The third kappa shape index (κ3) is 5.26. The largest absolute Gasteiger partial charge is 0.462 e. The number of carbonyl (C=O) groups is 3. The van der Waals surface area contributed by atoms with Crippen LogP contribution in [0, 0.1) is 6.92 Å². The summed E-state index contributed by atoms with van der Waals surface area (Å²) < 4.78 is 6.30. The molecule has 10 heteroatoms. The van der Waals surface area contributed by atoms with Gasteiger partial charge in [0.05, 0.1) is 34.3 Å². The van der Waals surface area contributed by atoms with Gasteiger partial charge in [-0.1, -0.05) is 41.1 Å². The summed E-state index contributed by atoms with van der Waals surface area (Å²) in [6.07, 6.45) is 0. The molecule has 160 valence electrons. The Morgan fingerprint density at radius 1 is 1.03 bits per heavy atom. The number of esters is 1. The second kappa shape index (κ2) is 9.86. The minimum absolute atomic E-state index is 0.0691. The van der Waals surface area contributed by atoms with Gasteiger partial charge in [-0.05, 0) is 38.1 Å². The number of nitrogens with zero attached hydrogens (tertiary/aromatic N) is 3. The van der Waals surface area contributed by atoms with E-state index < -0.39 is 17.8 Å². The fraction of sp³-hybridized carbons (Fsp3) is 0.190. The van der Waals surface area contributed by atoms with E-state index in [-0.39, 0.29) is 24.4 Å². The molecule has 0 unspecified atom stereocenters. The number of benzene rings is 2. The Hall–Kier alpha value is -3.72. The molecule has 1 heterocycles. The van der Waals surface area contributed by atoms with Crippen molar-refractivity contribution in [2.75, 3.05) is 17.2 Å². The van der Waals surface area contributed by atoms with Crippen LogP contribution in [0.15, 0.2) is 48.5 Å². The lowest BCUT2D eigenvalue weighted by Crippen LogP contribution is -2.22. The minimum Gasteiger partial charge on any atom is -0.462 e. The molecule has 0 aliphatic heterocycles. The molecule has 0 aliphatic carbocycles. The lowest BCUT2D eigenvalue weighted by molar-refractivity contribution is -0.117. The molecule has 0 spiro atoms. The second-order valence-corrected chi connectivity index (χ2v) is 6.84. The Kier molecular flexibility index (Phi) is 6.99. The van der Waals surface area contributed by atoms with Crippen LogP contribution in [0.5, 0.6) is 0 Å². The van der Waals surface area contributed by atoms with Gasteiger partial charge in [0, 0.05) is 0 Å². The van der Waals surface area contributed by atoms with Crippen LogP contribution in [-0.4, -0.2) is 39.4 Å². The highest BCUT2D eigenvalue weighted by atomic mass is 35.5. The summed E-state index contributed by atoms with van der Waals surface area (Å²) in [6.45, 7) is 3.35. The molecule has 1 aromatic heterocycles. The van der Waals surface area contributed by atoms with Crippen LogP contribution in [0.4, 0.5) is 11.4 Å². The normalized spacial score (nSPS) is 10.4. The fourth-order valence-corrected chi connectivity index (χ4v) is 2.95. The molecule has 9 nitrogen and oxygen atoms in total. The summed E-state index contributed by atoms with van der Waals surface area (Å²) >= 11 is 6.06. The van der Waals surface area contributed by atoms with Gasteiger partial charge >= 0.3 is 5.97 Å². The maximum Gasteiger partial charge on any atom is 0.340 e. The van der Waals surface area contributed by atoms with Crippen LogP contribution in [-0.2, 0) is 16.1 Å². The van der Waals surface area contributed by atoms with E-state index in [1.807, 2.05) is 0 Å². The number of amides is 2. The number of hydrogen-bond donors (Lipinski definition) is 2. The Morgan fingerprint density at radius 3 is 2.42 bits per heavy atom. The Labute approximate surface area is 183 Å². The number of hydrogen-bond acceptors (Lipinski definition) is 6. The number of nitrogens with one attached hydrogen (secondary N) is 2. The zero-order valence-electron chi connectivity index (χ0n) is 16.9. The summed E-state index contributed by atoms with van der Waals surface area (Å²) in [6, 6.07) is 13.3. The molecule has 0 saturated heterocycles. The smallest absolute Gasteiger partial charge is 0.340 e. The summed E-state index contributed by atoms with van der Waals surface area (Å²) in [5.41, 5.74) is 1.47. The molecule has 2 amide bonds. The van der Waals surface area contributed by atoms with E-state index in [0.717, 1.165) is 0 Å². The van der Waals surface area contributed by atoms with Crippen LogP contribution < -0.4 is 10.6 Å². The van der Waals surface area contributed by atoms with Gasteiger partial charge in [0.2, 0.25) is 5.91 Å². The first-order valence-electron chi connectivity index (χ1n) is 9.42. The maximum atomic E-state index is 12.5. The highest BCUT2D eigenvalue weighted by molar-refractivity contribution is 6.33. The minimum atomic E-state index is -0.533. The monoisotopic (exact) mass is 441 g/mol. The SMILES string of the molecule is CCOC(=O)c1ccccc1NC(=O)Cn1nnc(C(=O)Nc2ccccc2Cl)c1C. The molecule has 3 aromatic rings. The Bertz CT molecular complexity index is 1130. The van der Waals surface area contributed by atoms with Crippen molar-refractivity contribution in [3.8, 4) is 0 Å². The Morgan fingerprint density at radius 2 is 1.71 bits per heavy atom. The fourth-order valence-electron chi connectivity index (χ4n) is 2.77. The van der Waals surface area contributed by atoms with Gasteiger partial charge in [-0.15, -0.1) is 5.10 Å². The van der Waals surface area contributed by atoms with E-state index in [0.29, 0.717) is 22.1 Å². The van der Waals surface area contributed by atoms with Crippen molar-refractivity contribution in [2.45, 2.75) is 20.4 Å². The van der Waals surface area contributed by atoms with Crippen LogP contribution in [0.2, 0.25) is 5.02 Å². The van der Waals surface area contributed by atoms with Gasteiger partial charge in [0.15, 0.2) is 5.69 Å². The average Bonchev–Trinajstić information content (AvgIpc) is 3.10. The van der Waals surface area contributed by atoms with Gasteiger partial charge < -0.3 is 15.4 Å². The van der Waals surface area contributed by atoms with Crippen molar-refractivity contribution in [3.05, 3.63) is 70.5 Å². The number of ether oxygens (including phenoxy) is 1. The molecule has 2 N–H and O–H groups in total. The number of rotatable bonds is 7. The van der Waals surface area contributed by atoms with Crippen molar-refractivity contribution in [3.63, 3.8) is 0 Å². The predicted molar refractivity (Wildman–Crippen MR) is 115 cm³/mol. The van der Waals surface area contributed by atoms with Crippen molar-refractivity contribution < 1.29 is 19.1 Å². The molecule has 0 saturated carbocycles. The first-order valence-corrected chi connectivity index (χ1v) is 9.80. The van der Waals surface area contributed by atoms with Crippen LogP contribution in [0.1, 0.15) is 33.5 Å². The quantitative estimate of drug-likeness (QED) is 0.543. The number of aromatic nitrogens is 3. The maximum absolute atomic E-state index is 12.5. The van der Waals surface area contributed by atoms with E-state index in [2.05, 4.69) is 20.9 Å². The highest BCUT2D eigenvalue weighted by Gasteiger charge is 2.20. The molecule has 2 aromatic carbocycles. The first kappa shape index (κ1) is 22.0. The van der Waals surface area contributed by atoms with Crippen molar-refractivity contribution in [1.29, 1.82) is 0 Å². The highest BCUT2D eigenvalue weighted by Crippen LogP contribution is 2.21. The summed E-state index contributed by atoms with van der Waals surface area (Å²) in [7, 11) is 0. The van der Waals surface area contributed by atoms with E-state index in [9.17, 15) is 14.4 Å². The molecular formula is C21H20ClN5O4. The molecule has 0 atom stereocenters. The molecule has 31 heavy (non-hydrogen) atoms. The topological polar surface area (TPSA) is 115 Å². The zero-order chi connectivity index (χ0) is 22.4. The summed E-state index contributed by atoms with van der Waals surface area (Å²) in [5.74, 6) is -1.47. The van der Waals surface area contributed by atoms with Gasteiger partial charge in [-0.2, -0.15) is 0 Å². The van der Waals surface area contributed by atoms with Gasteiger partial charge in [0.1, 0.15) is 6.54 Å². The summed E-state index contributed by atoms with van der Waals surface area (Å²) in [4.78, 5) is 37.1. The molecule has 0 radical (unpaired) electrons. The molecule has 0 fully saturated rings. The van der Waals surface area contributed by atoms with E-state index >= 15 is 0 Å². The van der Waals surface area contributed by atoms with Gasteiger partial charge in [-0.3, -0.25) is 9.59 Å². The van der Waals surface area contributed by atoms with Crippen molar-refractivity contribution in [1.82, 2.24) is 15.0 Å². The lowest BCUT2D eigenvalue weighted by atomic mass is 10.2.